The molecular weight excluding hydrogens is 298 g/mol. The summed E-state index contributed by atoms with van der Waals surface area (Å²) in [5, 5.41) is 22.8. The second-order valence-electron chi connectivity index (χ2n) is 5.79. The van der Waals surface area contributed by atoms with Crippen LogP contribution in [0.1, 0.15) is 22.5 Å². The molecule has 0 aliphatic carbocycles. The molecule has 4 nitrogen and oxygen atoms in total. The highest BCUT2D eigenvalue weighted by Gasteiger charge is 2.15. The van der Waals surface area contributed by atoms with Crippen LogP contribution in [0.5, 0.6) is 0 Å². The molecule has 24 heavy (non-hydrogen) atoms. The van der Waals surface area contributed by atoms with Crippen molar-refractivity contribution in [2.75, 3.05) is 6.61 Å². The Kier molecular flexibility index (Phi) is 4.45. The van der Waals surface area contributed by atoms with Gasteiger partial charge in [-0.05, 0) is 55.7 Å². The fraction of sp³-hybridized carbons (Fsp3) is 0.200. The van der Waals surface area contributed by atoms with Gasteiger partial charge in [0, 0.05) is 17.9 Å². The van der Waals surface area contributed by atoms with Gasteiger partial charge in [0.1, 0.15) is 0 Å². The van der Waals surface area contributed by atoms with Crippen molar-refractivity contribution in [3.05, 3.63) is 71.0 Å². The van der Waals surface area contributed by atoms with E-state index >= 15 is 0 Å². The SMILES string of the molecule is Cc1nn(-c2ccc(CCO)cc2)c(C)c1-c1cccc(C#N)c1. The molecule has 0 bridgehead atoms. The number of aryl methyl sites for hydroxylation is 1. The van der Waals surface area contributed by atoms with Crippen molar-refractivity contribution in [3.63, 3.8) is 0 Å². The molecule has 3 rings (SSSR count). The highest BCUT2D eigenvalue weighted by molar-refractivity contribution is 5.70. The molecule has 2 aromatic carbocycles. The van der Waals surface area contributed by atoms with Gasteiger partial charge in [-0.1, -0.05) is 24.3 Å². The zero-order valence-electron chi connectivity index (χ0n) is 13.8. The average molecular weight is 317 g/mol. The van der Waals surface area contributed by atoms with E-state index in [4.69, 9.17) is 10.4 Å². The van der Waals surface area contributed by atoms with Gasteiger partial charge in [-0.25, -0.2) is 4.68 Å². The lowest BCUT2D eigenvalue weighted by Crippen LogP contribution is -2.00. The third-order valence-electron chi connectivity index (χ3n) is 4.15. The summed E-state index contributed by atoms with van der Waals surface area (Å²) in [6, 6.07) is 17.8. The van der Waals surface area contributed by atoms with Gasteiger partial charge < -0.3 is 5.11 Å². The maximum absolute atomic E-state index is 9.11. The minimum Gasteiger partial charge on any atom is -0.396 e. The van der Waals surface area contributed by atoms with E-state index in [2.05, 4.69) is 11.2 Å². The Morgan fingerprint density at radius 2 is 1.88 bits per heavy atom. The number of hydrogen-bond donors (Lipinski definition) is 1. The monoisotopic (exact) mass is 317 g/mol. The Labute approximate surface area is 141 Å². The van der Waals surface area contributed by atoms with Crippen molar-refractivity contribution in [1.29, 1.82) is 5.26 Å². The van der Waals surface area contributed by atoms with Gasteiger partial charge in [-0.2, -0.15) is 10.4 Å². The van der Waals surface area contributed by atoms with Gasteiger partial charge in [0.2, 0.25) is 0 Å². The van der Waals surface area contributed by atoms with E-state index in [1.165, 1.54) is 0 Å². The summed E-state index contributed by atoms with van der Waals surface area (Å²) in [6.07, 6.45) is 0.656. The Bertz CT molecular complexity index is 902. The van der Waals surface area contributed by atoms with Crippen LogP contribution >= 0.6 is 0 Å². The largest absolute Gasteiger partial charge is 0.396 e. The van der Waals surface area contributed by atoms with Gasteiger partial charge in [-0.15, -0.1) is 0 Å². The maximum atomic E-state index is 9.11. The minimum absolute atomic E-state index is 0.151. The summed E-state index contributed by atoms with van der Waals surface area (Å²) in [7, 11) is 0. The van der Waals surface area contributed by atoms with Gasteiger partial charge in [0.15, 0.2) is 0 Å². The van der Waals surface area contributed by atoms with E-state index in [1.807, 2.05) is 61.0 Å². The molecule has 1 heterocycles. The molecule has 0 saturated heterocycles. The zero-order chi connectivity index (χ0) is 17.1. The number of benzene rings is 2. The van der Waals surface area contributed by atoms with Gasteiger partial charge >= 0.3 is 0 Å². The highest BCUT2D eigenvalue weighted by Crippen LogP contribution is 2.29. The van der Waals surface area contributed by atoms with Gasteiger partial charge in [0.25, 0.3) is 0 Å². The summed E-state index contributed by atoms with van der Waals surface area (Å²) in [5.74, 6) is 0. The second-order valence-corrected chi connectivity index (χ2v) is 5.79. The zero-order valence-corrected chi connectivity index (χ0v) is 13.8. The van der Waals surface area contributed by atoms with Crippen molar-refractivity contribution in [2.24, 2.45) is 0 Å². The lowest BCUT2D eigenvalue weighted by molar-refractivity contribution is 0.299. The van der Waals surface area contributed by atoms with Gasteiger partial charge in [-0.3, -0.25) is 0 Å². The van der Waals surface area contributed by atoms with Crippen LogP contribution in [0.2, 0.25) is 0 Å². The first kappa shape index (κ1) is 16.0. The number of rotatable bonds is 4. The summed E-state index contributed by atoms with van der Waals surface area (Å²) in [6.45, 7) is 4.17. The smallest absolute Gasteiger partial charge is 0.0991 e. The molecule has 0 amide bonds. The average Bonchev–Trinajstić information content (AvgIpc) is 2.90. The first-order valence-corrected chi connectivity index (χ1v) is 7.91. The summed E-state index contributed by atoms with van der Waals surface area (Å²) >= 11 is 0. The van der Waals surface area contributed by atoms with Crippen molar-refractivity contribution in [1.82, 2.24) is 9.78 Å². The van der Waals surface area contributed by atoms with Crippen LogP contribution in [0.4, 0.5) is 0 Å². The molecule has 0 aliphatic heterocycles. The molecule has 0 saturated carbocycles. The van der Waals surface area contributed by atoms with Gasteiger partial charge in [0.05, 0.1) is 23.0 Å². The van der Waals surface area contributed by atoms with E-state index in [1.54, 1.807) is 6.07 Å². The molecule has 4 heteroatoms. The van der Waals surface area contributed by atoms with E-state index < -0.39 is 0 Å². The van der Waals surface area contributed by atoms with Crippen LogP contribution in [0, 0.1) is 25.2 Å². The Morgan fingerprint density at radius 3 is 2.54 bits per heavy atom. The maximum Gasteiger partial charge on any atom is 0.0991 e. The van der Waals surface area contributed by atoms with Crippen molar-refractivity contribution < 1.29 is 5.11 Å². The highest BCUT2D eigenvalue weighted by atomic mass is 16.2. The first-order chi connectivity index (χ1) is 11.6. The van der Waals surface area contributed by atoms with E-state index in [-0.39, 0.29) is 6.61 Å². The van der Waals surface area contributed by atoms with E-state index in [0.717, 1.165) is 33.8 Å². The van der Waals surface area contributed by atoms with E-state index in [0.29, 0.717) is 12.0 Å². The van der Waals surface area contributed by atoms with Crippen molar-refractivity contribution in [3.8, 4) is 22.9 Å². The first-order valence-electron chi connectivity index (χ1n) is 7.91. The lowest BCUT2D eigenvalue weighted by atomic mass is 10.0. The predicted octanol–water partition coefficient (Wildman–Crippen LogP) is 3.56. The van der Waals surface area contributed by atoms with E-state index in [9.17, 15) is 0 Å². The number of aliphatic hydroxyl groups is 1. The van der Waals surface area contributed by atoms with Crippen molar-refractivity contribution >= 4 is 0 Å². The molecule has 0 atom stereocenters. The number of aromatic nitrogens is 2. The molecule has 3 aromatic rings. The summed E-state index contributed by atoms with van der Waals surface area (Å²) in [4.78, 5) is 0. The Morgan fingerprint density at radius 1 is 1.12 bits per heavy atom. The van der Waals surface area contributed by atoms with Crippen molar-refractivity contribution in [2.45, 2.75) is 20.3 Å². The molecular formula is C20H19N3O. The Hall–Kier alpha value is -2.90. The second kappa shape index (κ2) is 6.69. The summed E-state index contributed by atoms with van der Waals surface area (Å²) < 4.78 is 1.92. The lowest BCUT2D eigenvalue weighted by Gasteiger charge is -2.07. The molecule has 0 radical (unpaired) electrons. The number of aliphatic hydroxyl groups excluding tert-OH is 1. The molecule has 120 valence electrons. The quantitative estimate of drug-likeness (QED) is 0.800. The predicted molar refractivity (Wildman–Crippen MR) is 94.0 cm³/mol. The van der Waals surface area contributed by atoms with Crippen LogP contribution in [0.3, 0.4) is 0 Å². The minimum atomic E-state index is 0.151. The molecule has 0 fully saturated rings. The Balaban J connectivity index is 2.04. The number of hydrogen-bond acceptors (Lipinski definition) is 3. The number of nitriles is 1. The third kappa shape index (κ3) is 2.94. The molecule has 0 aliphatic rings. The molecule has 1 aromatic heterocycles. The van der Waals surface area contributed by atoms with Crippen LogP contribution in [0.25, 0.3) is 16.8 Å². The van der Waals surface area contributed by atoms with Crippen LogP contribution in [0.15, 0.2) is 48.5 Å². The third-order valence-corrected chi connectivity index (χ3v) is 4.15. The fourth-order valence-corrected chi connectivity index (χ4v) is 2.99. The summed E-state index contributed by atoms with van der Waals surface area (Å²) in [5.41, 5.74) is 6.77. The molecule has 0 spiro atoms. The van der Waals surface area contributed by atoms with Crippen LogP contribution in [-0.2, 0) is 6.42 Å². The normalized spacial score (nSPS) is 10.6. The van der Waals surface area contributed by atoms with Crippen LogP contribution in [-0.4, -0.2) is 21.5 Å². The molecule has 1 N–H and O–H groups in total. The standard InChI is InChI=1S/C20H19N3O/c1-14-20(18-5-3-4-17(12-18)13-21)15(2)23(22-14)19-8-6-16(7-9-19)10-11-24/h3-9,12,24H,10-11H2,1-2H3. The fourth-order valence-electron chi connectivity index (χ4n) is 2.99. The van der Waals surface area contributed by atoms with Crippen LogP contribution < -0.4 is 0 Å². The molecule has 0 unspecified atom stereocenters. The number of nitrogens with zero attached hydrogens (tertiary/aromatic N) is 3. The topological polar surface area (TPSA) is 61.8 Å².